The molecular formula is C18H18N2O3. The first-order valence-electron chi connectivity index (χ1n) is 7.22. The predicted octanol–water partition coefficient (Wildman–Crippen LogP) is 3.32. The Morgan fingerprint density at radius 1 is 1.00 bits per heavy atom. The van der Waals surface area contributed by atoms with Gasteiger partial charge in [-0.05, 0) is 29.8 Å². The Balaban J connectivity index is 1.95. The van der Waals surface area contributed by atoms with Gasteiger partial charge in [-0.3, -0.25) is 0 Å². The number of ether oxygens (including phenoxy) is 2. The van der Waals surface area contributed by atoms with E-state index in [9.17, 15) is 5.11 Å². The van der Waals surface area contributed by atoms with Crippen molar-refractivity contribution in [1.82, 2.24) is 9.55 Å². The second kappa shape index (κ2) is 6.44. The maximum absolute atomic E-state index is 9.38. The van der Waals surface area contributed by atoms with Crippen molar-refractivity contribution in [2.24, 2.45) is 0 Å². The lowest BCUT2D eigenvalue weighted by atomic mass is 10.1. The Bertz CT molecular complexity index is 772. The number of methoxy groups -OCH3 is 2. The molecule has 118 valence electrons. The van der Waals surface area contributed by atoms with E-state index in [2.05, 4.69) is 4.98 Å². The molecule has 0 saturated heterocycles. The second-order valence-electron chi connectivity index (χ2n) is 5.15. The number of aromatic hydroxyl groups is 1. The molecule has 5 heteroatoms. The Kier molecular flexibility index (Phi) is 4.19. The van der Waals surface area contributed by atoms with E-state index < -0.39 is 0 Å². The quantitative estimate of drug-likeness (QED) is 0.785. The molecule has 2 aromatic carbocycles. The van der Waals surface area contributed by atoms with Crippen LogP contribution in [0, 0.1) is 0 Å². The number of benzene rings is 2. The van der Waals surface area contributed by atoms with Crippen LogP contribution in [-0.2, 0) is 6.54 Å². The van der Waals surface area contributed by atoms with Gasteiger partial charge >= 0.3 is 0 Å². The van der Waals surface area contributed by atoms with Gasteiger partial charge in [-0.25, -0.2) is 4.98 Å². The lowest BCUT2D eigenvalue weighted by Crippen LogP contribution is -2.01. The summed E-state index contributed by atoms with van der Waals surface area (Å²) in [5, 5.41) is 9.38. The fourth-order valence-electron chi connectivity index (χ4n) is 2.43. The van der Waals surface area contributed by atoms with Crippen LogP contribution in [0.2, 0.25) is 0 Å². The van der Waals surface area contributed by atoms with Crippen molar-refractivity contribution in [3.8, 4) is 28.6 Å². The van der Waals surface area contributed by atoms with Crippen molar-refractivity contribution in [3.63, 3.8) is 0 Å². The van der Waals surface area contributed by atoms with E-state index >= 15 is 0 Å². The lowest BCUT2D eigenvalue weighted by molar-refractivity contribution is 0.394. The highest BCUT2D eigenvalue weighted by molar-refractivity contribution is 5.61. The summed E-state index contributed by atoms with van der Waals surface area (Å²) in [5.74, 6) is 2.53. The number of nitrogens with zero attached hydrogens (tertiary/aromatic N) is 2. The summed E-state index contributed by atoms with van der Waals surface area (Å²) in [4.78, 5) is 4.45. The topological polar surface area (TPSA) is 56.5 Å². The first kappa shape index (κ1) is 15.0. The molecule has 0 spiro atoms. The van der Waals surface area contributed by atoms with Crippen molar-refractivity contribution in [2.45, 2.75) is 6.54 Å². The molecule has 23 heavy (non-hydrogen) atoms. The van der Waals surface area contributed by atoms with Crippen LogP contribution in [0.15, 0.2) is 54.9 Å². The molecule has 1 heterocycles. The SMILES string of the molecule is COc1cc(OC)cc(-c2nccn2Cc2ccc(O)cc2)c1. The average Bonchev–Trinajstić information content (AvgIpc) is 3.04. The molecule has 0 radical (unpaired) electrons. The third-order valence-corrected chi connectivity index (χ3v) is 3.61. The first-order chi connectivity index (χ1) is 11.2. The van der Waals surface area contributed by atoms with Crippen molar-refractivity contribution >= 4 is 0 Å². The maximum Gasteiger partial charge on any atom is 0.140 e. The molecular weight excluding hydrogens is 292 g/mol. The minimum Gasteiger partial charge on any atom is -0.508 e. The highest BCUT2D eigenvalue weighted by Crippen LogP contribution is 2.29. The predicted molar refractivity (Wildman–Crippen MR) is 88.0 cm³/mol. The van der Waals surface area contributed by atoms with E-state index in [0.29, 0.717) is 6.54 Å². The van der Waals surface area contributed by atoms with Gasteiger partial charge in [-0.15, -0.1) is 0 Å². The average molecular weight is 310 g/mol. The maximum atomic E-state index is 9.38. The van der Waals surface area contributed by atoms with Gasteiger partial charge in [0, 0.05) is 30.6 Å². The van der Waals surface area contributed by atoms with Crippen molar-refractivity contribution in [3.05, 3.63) is 60.4 Å². The van der Waals surface area contributed by atoms with Gasteiger partial charge < -0.3 is 19.1 Å². The molecule has 1 N–H and O–H groups in total. The van der Waals surface area contributed by atoms with E-state index in [-0.39, 0.29) is 5.75 Å². The van der Waals surface area contributed by atoms with Gasteiger partial charge in [-0.2, -0.15) is 0 Å². The number of hydrogen-bond acceptors (Lipinski definition) is 4. The zero-order chi connectivity index (χ0) is 16.2. The monoisotopic (exact) mass is 310 g/mol. The van der Waals surface area contributed by atoms with Crippen molar-refractivity contribution in [1.29, 1.82) is 0 Å². The third-order valence-electron chi connectivity index (χ3n) is 3.61. The van der Waals surface area contributed by atoms with Gasteiger partial charge in [0.25, 0.3) is 0 Å². The van der Waals surface area contributed by atoms with Gasteiger partial charge in [0.1, 0.15) is 23.1 Å². The van der Waals surface area contributed by atoms with Crippen LogP contribution in [0.3, 0.4) is 0 Å². The summed E-state index contributed by atoms with van der Waals surface area (Å²) >= 11 is 0. The van der Waals surface area contributed by atoms with E-state index in [1.54, 1.807) is 32.5 Å². The molecule has 0 fully saturated rings. The zero-order valence-electron chi connectivity index (χ0n) is 13.1. The first-order valence-corrected chi connectivity index (χ1v) is 7.22. The van der Waals surface area contributed by atoms with Gasteiger partial charge in [0.2, 0.25) is 0 Å². The number of phenols is 1. The minimum atomic E-state index is 0.261. The summed E-state index contributed by atoms with van der Waals surface area (Å²) in [6.45, 7) is 0.662. The van der Waals surface area contributed by atoms with Gasteiger partial charge in [-0.1, -0.05) is 12.1 Å². The highest BCUT2D eigenvalue weighted by Gasteiger charge is 2.10. The molecule has 3 rings (SSSR count). The summed E-state index contributed by atoms with van der Waals surface area (Å²) in [6.07, 6.45) is 3.69. The number of aromatic nitrogens is 2. The number of imidazole rings is 1. The number of phenolic OH excluding ortho intramolecular Hbond substituents is 1. The van der Waals surface area contributed by atoms with Crippen LogP contribution >= 0.6 is 0 Å². The van der Waals surface area contributed by atoms with E-state index in [1.165, 1.54) is 0 Å². The number of hydrogen-bond donors (Lipinski definition) is 1. The zero-order valence-corrected chi connectivity index (χ0v) is 13.1. The molecule has 0 aliphatic carbocycles. The second-order valence-corrected chi connectivity index (χ2v) is 5.15. The van der Waals surface area contributed by atoms with Crippen molar-refractivity contribution in [2.75, 3.05) is 14.2 Å². The number of rotatable bonds is 5. The van der Waals surface area contributed by atoms with Crippen LogP contribution in [0.1, 0.15) is 5.56 Å². The lowest BCUT2D eigenvalue weighted by Gasteiger charge is -2.11. The molecule has 0 aliphatic rings. The summed E-state index contributed by atoms with van der Waals surface area (Å²) in [7, 11) is 3.25. The summed E-state index contributed by atoms with van der Waals surface area (Å²) in [6, 6.07) is 12.8. The molecule has 0 atom stereocenters. The fourth-order valence-corrected chi connectivity index (χ4v) is 2.43. The van der Waals surface area contributed by atoms with Crippen molar-refractivity contribution < 1.29 is 14.6 Å². The van der Waals surface area contributed by atoms with Gasteiger partial charge in [0.05, 0.1) is 14.2 Å². The molecule has 1 aromatic heterocycles. The normalized spacial score (nSPS) is 10.5. The fraction of sp³-hybridized carbons (Fsp3) is 0.167. The summed E-state index contributed by atoms with van der Waals surface area (Å²) < 4.78 is 12.7. The Morgan fingerprint density at radius 2 is 1.65 bits per heavy atom. The van der Waals surface area contributed by atoms with E-state index in [4.69, 9.17) is 9.47 Å². The standard InChI is InChI=1S/C18H18N2O3/c1-22-16-9-14(10-17(11-16)23-2)18-19-7-8-20(18)12-13-3-5-15(21)6-4-13/h3-11,21H,12H2,1-2H3. The van der Waals surface area contributed by atoms with Crippen LogP contribution in [0.25, 0.3) is 11.4 Å². The smallest absolute Gasteiger partial charge is 0.140 e. The molecule has 3 aromatic rings. The van der Waals surface area contributed by atoms with Crippen LogP contribution < -0.4 is 9.47 Å². The molecule has 5 nitrogen and oxygen atoms in total. The Hall–Kier alpha value is -2.95. The Morgan fingerprint density at radius 3 is 2.26 bits per heavy atom. The summed E-state index contributed by atoms with van der Waals surface area (Å²) in [5.41, 5.74) is 2.00. The van der Waals surface area contributed by atoms with Crippen LogP contribution in [0.5, 0.6) is 17.2 Å². The highest BCUT2D eigenvalue weighted by atomic mass is 16.5. The van der Waals surface area contributed by atoms with E-state index in [0.717, 1.165) is 28.5 Å². The van der Waals surface area contributed by atoms with Gasteiger partial charge in [0.15, 0.2) is 0 Å². The molecule has 0 amide bonds. The molecule has 0 bridgehead atoms. The van der Waals surface area contributed by atoms with Crippen LogP contribution in [0.4, 0.5) is 0 Å². The molecule has 0 aliphatic heterocycles. The molecule has 0 saturated carbocycles. The van der Waals surface area contributed by atoms with E-state index in [1.807, 2.05) is 41.1 Å². The van der Waals surface area contributed by atoms with Crippen LogP contribution in [-0.4, -0.2) is 28.9 Å². The minimum absolute atomic E-state index is 0.261. The Labute approximate surface area is 134 Å². The third kappa shape index (κ3) is 3.29. The molecule has 0 unspecified atom stereocenters. The largest absolute Gasteiger partial charge is 0.508 e.